The van der Waals surface area contributed by atoms with Crippen LogP contribution in [0.1, 0.15) is 122 Å². The molecule has 0 saturated carbocycles. The number of carbonyl (C=O) groups excluding carboxylic acids is 5. The molecule has 1 aromatic heterocycles. The predicted octanol–water partition coefficient (Wildman–Crippen LogP) is 14.1. The average Bonchev–Trinajstić information content (AvgIpc) is 0.867. The third kappa shape index (κ3) is 22.8. The summed E-state index contributed by atoms with van der Waals surface area (Å²) in [4.78, 5) is 109. The van der Waals surface area contributed by atoms with E-state index in [-0.39, 0.29) is 94.1 Å². The number of phenols is 2. The fourth-order valence-electron chi connectivity index (χ4n) is 8.54. The number of nitrogen functional groups attached to an aromatic ring is 1. The highest BCUT2D eigenvalue weighted by molar-refractivity contribution is 6.01. The van der Waals surface area contributed by atoms with E-state index in [0.29, 0.717) is 76.0 Å². The number of carboxylic acid groups (broad SMARTS) is 1. The second-order valence-corrected chi connectivity index (χ2v) is 20.2. The zero-order valence-electron chi connectivity index (χ0n) is 53.3. The number of halogens is 4. The summed E-state index contributed by atoms with van der Waals surface area (Å²) in [6, 6.07) is 31.3. The molecule has 8 aromatic rings. The molecule has 0 aliphatic carbocycles. The minimum atomic E-state index is -4.70. The van der Waals surface area contributed by atoms with Gasteiger partial charge >= 0.3 is 12.1 Å². The van der Waals surface area contributed by atoms with Gasteiger partial charge < -0.3 is 45.5 Å². The van der Waals surface area contributed by atoms with Crippen LogP contribution in [0.4, 0.5) is 63.5 Å². The molecule has 7 aromatic carbocycles. The lowest BCUT2D eigenvalue weighted by molar-refractivity contribution is -0.385. The zero-order chi connectivity index (χ0) is 72.4. The van der Waals surface area contributed by atoms with Crippen LogP contribution in [0.25, 0.3) is 0 Å². The monoisotopic (exact) mass is 1350 g/mol. The van der Waals surface area contributed by atoms with Crippen molar-refractivity contribution in [2.75, 3.05) is 44.3 Å². The second-order valence-electron chi connectivity index (χ2n) is 20.2. The van der Waals surface area contributed by atoms with Crippen LogP contribution in [0.3, 0.4) is 0 Å². The highest BCUT2D eigenvalue weighted by Crippen LogP contribution is 2.33. The third-order valence-electron chi connectivity index (χ3n) is 13.6. The number of nitrogens with two attached hydrogens (primary N) is 1. The van der Waals surface area contributed by atoms with Gasteiger partial charge in [-0.05, 0) is 102 Å². The maximum Gasteiger partial charge on any atom is 0.416 e. The SMILES string of the molecule is CCC(=O)c1cc(N)ccc1OC.CCC(=O)c1cc(Nc2nccc(N(C)c3ccc(CC(=O)Cc4cc(F)cc(C(F)(F)F)c4)cc3)n2)ccc1OC.CCC(=O)c1cc([N+](=O)[O-])ccc1O.CCC(=O)c1cc([N+](=O)[O-])ccc1OC.O=C(O)c1cc([N+](=O)[O-])ccc1O. The molecular weight excluding hydrogens is 1280 g/mol. The Morgan fingerprint density at radius 2 is 0.990 bits per heavy atom. The van der Waals surface area contributed by atoms with Crippen molar-refractivity contribution < 1.29 is 90.6 Å². The van der Waals surface area contributed by atoms with E-state index in [2.05, 4.69) is 15.3 Å². The van der Waals surface area contributed by atoms with Crippen molar-refractivity contribution in [3.63, 3.8) is 0 Å². The van der Waals surface area contributed by atoms with Gasteiger partial charge in [-0.15, -0.1) is 0 Å². The number of carbonyl (C=O) groups is 6. The number of rotatable bonds is 23. The number of hydrogen-bond donors (Lipinski definition) is 5. The maximum absolute atomic E-state index is 13.7. The summed E-state index contributed by atoms with van der Waals surface area (Å²) in [7, 11) is 6.27. The molecule has 30 heteroatoms. The number of benzene rings is 7. The van der Waals surface area contributed by atoms with Crippen LogP contribution in [0, 0.1) is 36.2 Å². The van der Waals surface area contributed by atoms with Gasteiger partial charge in [-0.2, -0.15) is 18.2 Å². The van der Waals surface area contributed by atoms with Crippen LogP contribution in [-0.4, -0.2) is 103 Å². The predicted molar refractivity (Wildman–Crippen MR) is 349 cm³/mol. The molecule has 0 unspecified atom stereocenters. The number of anilines is 5. The number of carboxylic acids is 1. The number of methoxy groups -OCH3 is 3. The van der Waals surface area contributed by atoms with Gasteiger partial charge in [0.1, 0.15) is 51.7 Å². The first kappa shape index (κ1) is 77.2. The molecule has 0 aliphatic rings. The summed E-state index contributed by atoms with van der Waals surface area (Å²) in [5.41, 5.74) is 7.17. The molecular formula is C67H66F4N8O18. The Morgan fingerprint density at radius 3 is 1.47 bits per heavy atom. The number of nitro groups is 3. The van der Waals surface area contributed by atoms with Gasteiger partial charge in [0.15, 0.2) is 23.1 Å². The van der Waals surface area contributed by atoms with Gasteiger partial charge in [-0.3, -0.25) is 54.3 Å². The highest BCUT2D eigenvalue weighted by atomic mass is 19.4. The molecule has 0 amide bonds. The first-order chi connectivity index (χ1) is 45.8. The number of aromatic nitrogens is 2. The number of hydrogen-bond acceptors (Lipinski definition) is 22. The Kier molecular flexibility index (Phi) is 28.9. The fraction of sp³-hybridized carbons (Fsp3) is 0.224. The van der Waals surface area contributed by atoms with Gasteiger partial charge in [-0.25, -0.2) is 14.2 Å². The lowest BCUT2D eigenvalue weighted by Crippen LogP contribution is -2.13. The van der Waals surface area contributed by atoms with Crippen LogP contribution in [0.2, 0.25) is 0 Å². The quantitative estimate of drug-likeness (QED) is 0.0130. The number of aromatic carboxylic acids is 1. The van der Waals surface area contributed by atoms with Crippen molar-refractivity contribution in [1.82, 2.24) is 9.97 Å². The summed E-state index contributed by atoms with van der Waals surface area (Å²) in [5.74, 6) is -1.67. The number of phenolic OH excluding ortho intramolecular Hbond substituents is 1. The average molecular weight is 1350 g/mol. The standard InChI is InChI=1S/C31H28F4N4O3.C10H11NO4.C10H13NO2.C9H9NO4.C7H5NO5/c1-4-27(41)26-18-23(7-10-28(26)42-3)37-30-36-12-11-29(38-30)39(2)24-8-5-19(6-9-24)15-25(40)16-20-13-21(31(33,34)35)17-22(32)14-20;1-3-9(12)8-6-7(11(13)14)4-5-10(8)15-2;1-3-9(12)8-6-7(11)4-5-10(8)13-2;1-2-8(11)7-5-6(10(13)14)3-4-9(7)12;9-6-2-1-4(8(12)13)3-5(6)7(10)11/h5-14,17-18H,4,15-16H2,1-3H3,(H,36,37,38);4-6H,3H2,1-2H3;4-6H,3,11H2,1-2H3;3-5,12H,2H2,1H3;1-3,9H,(H,10,11). The first-order valence-corrected chi connectivity index (χ1v) is 28.9. The normalized spacial score (nSPS) is 10.4. The Bertz CT molecular complexity index is 4190. The molecule has 0 radical (unpaired) electrons. The molecule has 1 heterocycles. The van der Waals surface area contributed by atoms with E-state index >= 15 is 0 Å². The minimum Gasteiger partial charge on any atom is -0.507 e. The largest absolute Gasteiger partial charge is 0.507 e. The summed E-state index contributed by atoms with van der Waals surface area (Å²) in [6.07, 6.45) is -2.16. The number of nitrogens with zero attached hydrogens (tertiary/aromatic N) is 6. The van der Waals surface area contributed by atoms with Gasteiger partial charge in [0.2, 0.25) is 5.95 Å². The Labute approximate surface area is 551 Å². The third-order valence-corrected chi connectivity index (χ3v) is 13.6. The number of nitrogens with one attached hydrogen (secondary N) is 1. The van der Waals surface area contributed by atoms with Crippen molar-refractivity contribution in [3.05, 3.63) is 226 Å². The van der Waals surface area contributed by atoms with E-state index in [1.807, 2.05) is 11.8 Å². The van der Waals surface area contributed by atoms with Crippen LogP contribution < -0.4 is 30.2 Å². The summed E-state index contributed by atoms with van der Waals surface area (Å²) in [6.45, 7) is 6.91. The van der Waals surface area contributed by atoms with Crippen LogP contribution in [0.5, 0.6) is 28.7 Å². The molecule has 26 nitrogen and oxygen atoms in total. The number of ketones is 5. The molecule has 0 saturated heterocycles. The smallest absolute Gasteiger partial charge is 0.416 e. The van der Waals surface area contributed by atoms with Crippen LogP contribution in [0.15, 0.2) is 146 Å². The Morgan fingerprint density at radius 1 is 0.557 bits per heavy atom. The number of Topliss-reactive ketones (excluding diaryl/α,β-unsaturated/α-hetero) is 5. The molecule has 0 aliphatic heterocycles. The lowest BCUT2D eigenvalue weighted by Gasteiger charge is -2.19. The minimum absolute atomic E-state index is 0.00157. The van der Waals surface area contributed by atoms with Crippen molar-refractivity contribution in [2.24, 2.45) is 0 Å². The number of non-ortho nitro benzene ring substituents is 3. The van der Waals surface area contributed by atoms with E-state index in [1.165, 1.54) is 39.5 Å². The van der Waals surface area contributed by atoms with Crippen molar-refractivity contribution in [3.8, 4) is 28.7 Å². The fourth-order valence-corrected chi connectivity index (χ4v) is 8.54. The van der Waals surface area contributed by atoms with E-state index in [4.69, 9.17) is 30.2 Å². The second kappa shape index (κ2) is 36.3. The van der Waals surface area contributed by atoms with E-state index < -0.39 is 49.6 Å². The van der Waals surface area contributed by atoms with E-state index in [1.54, 1.807) is 101 Å². The van der Waals surface area contributed by atoms with Gasteiger partial charge in [0, 0.05) is 105 Å². The van der Waals surface area contributed by atoms with Gasteiger partial charge in [0.05, 0.1) is 63.9 Å². The van der Waals surface area contributed by atoms with Crippen molar-refractivity contribution >= 4 is 80.8 Å². The van der Waals surface area contributed by atoms with Crippen molar-refractivity contribution in [2.45, 2.75) is 72.4 Å². The summed E-state index contributed by atoms with van der Waals surface area (Å²) in [5, 5.41) is 61.0. The zero-order valence-corrected chi connectivity index (χ0v) is 53.3. The number of ether oxygens (including phenoxy) is 3. The molecule has 0 bridgehead atoms. The molecule has 6 N–H and O–H groups in total. The Hall–Kier alpha value is -12.2. The van der Waals surface area contributed by atoms with Gasteiger partial charge in [0.25, 0.3) is 17.1 Å². The van der Waals surface area contributed by atoms with Crippen molar-refractivity contribution in [1.29, 1.82) is 0 Å². The molecule has 0 atom stereocenters. The highest BCUT2D eigenvalue weighted by Gasteiger charge is 2.31. The Balaban J connectivity index is 0.000000296. The number of aromatic hydroxyl groups is 2. The van der Waals surface area contributed by atoms with Gasteiger partial charge in [-0.1, -0.05) is 39.8 Å². The maximum atomic E-state index is 13.7. The number of alkyl halides is 3. The number of nitro benzene ring substituents is 3. The molecule has 0 spiro atoms. The molecule has 0 fully saturated rings. The topological polar surface area (TPSA) is 387 Å². The lowest BCUT2D eigenvalue weighted by atomic mass is 10.0. The van der Waals surface area contributed by atoms with Crippen LogP contribution in [-0.2, 0) is 23.8 Å². The molecule has 97 heavy (non-hydrogen) atoms. The van der Waals surface area contributed by atoms with E-state index in [9.17, 15) is 81.8 Å². The summed E-state index contributed by atoms with van der Waals surface area (Å²) >= 11 is 0. The first-order valence-electron chi connectivity index (χ1n) is 28.9. The molecule has 510 valence electrons. The van der Waals surface area contributed by atoms with Crippen LogP contribution >= 0.6 is 0 Å². The van der Waals surface area contributed by atoms with E-state index in [0.717, 1.165) is 54.2 Å². The summed E-state index contributed by atoms with van der Waals surface area (Å²) < 4.78 is 67.9. The molecule has 8 rings (SSSR count).